The average Bonchev–Trinajstić information content (AvgIpc) is 2.53. The van der Waals surface area contributed by atoms with E-state index in [9.17, 15) is 0 Å². The number of fused-ring (bicyclic) bond motifs is 2. The number of ether oxygens (including phenoxy) is 1. The minimum Gasteiger partial charge on any atom is -0.384 e. The van der Waals surface area contributed by atoms with E-state index in [0.29, 0.717) is 12.5 Å². The molecule has 112 valence electrons. The van der Waals surface area contributed by atoms with Crippen molar-refractivity contribution in [1.82, 2.24) is 4.98 Å². The molecular formula is C18H24N2O. The van der Waals surface area contributed by atoms with Gasteiger partial charge in [-0.05, 0) is 37.0 Å². The van der Waals surface area contributed by atoms with Gasteiger partial charge in [-0.15, -0.1) is 0 Å². The van der Waals surface area contributed by atoms with Gasteiger partial charge in [-0.3, -0.25) is 4.98 Å². The maximum Gasteiger partial charge on any atom is 0.0755 e. The van der Waals surface area contributed by atoms with Gasteiger partial charge in [0.25, 0.3) is 0 Å². The Kier molecular flexibility index (Phi) is 4.11. The number of aromatic nitrogens is 1. The maximum atomic E-state index is 5.65. The van der Waals surface area contributed by atoms with E-state index >= 15 is 0 Å². The van der Waals surface area contributed by atoms with Crippen molar-refractivity contribution in [2.45, 2.75) is 46.1 Å². The van der Waals surface area contributed by atoms with Gasteiger partial charge in [0, 0.05) is 23.9 Å². The van der Waals surface area contributed by atoms with E-state index in [1.165, 1.54) is 27.9 Å². The second-order valence-electron chi connectivity index (χ2n) is 5.83. The zero-order valence-corrected chi connectivity index (χ0v) is 13.2. The molecule has 3 heteroatoms. The first-order chi connectivity index (χ1) is 10.2. The number of rotatable bonds is 4. The fraction of sp³-hybridized carbons (Fsp3) is 0.500. The molecule has 0 fully saturated rings. The van der Waals surface area contributed by atoms with Gasteiger partial charge >= 0.3 is 0 Å². The van der Waals surface area contributed by atoms with Crippen LogP contribution in [0.25, 0.3) is 10.9 Å². The van der Waals surface area contributed by atoms with Gasteiger partial charge in [-0.2, -0.15) is 0 Å². The van der Waals surface area contributed by atoms with Gasteiger partial charge in [0.2, 0.25) is 0 Å². The number of hydrogen-bond acceptors (Lipinski definition) is 3. The molecule has 2 heterocycles. The Hall–Kier alpha value is -1.61. The first-order valence-electron chi connectivity index (χ1n) is 8.01. The maximum absolute atomic E-state index is 5.65. The molecule has 2 aromatic rings. The van der Waals surface area contributed by atoms with Crippen molar-refractivity contribution in [2.24, 2.45) is 0 Å². The van der Waals surface area contributed by atoms with Crippen molar-refractivity contribution in [3.05, 3.63) is 35.0 Å². The first kappa shape index (κ1) is 14.3. The lowest BCUT2D eigenvalue weighted by molar-refractivity contribution is 0.110. The fourth-order valence-corrected chi connectivity index (χ4v) is 3.00. The summed E-state index contributed by atoms with van der Waals surface area (Å²) in [5.74, 6) is 0.580. The van der Waals surface area contributed by atoms with Crippen LogP contribution in [0.2, 0.25) is 0 Å². The summed E-state index contributed by atoms with van der Waals surface area (Å²) in [5, 5.41) is 4.78. The van der Waals surface area contributed by atoms with Crippen LogP contribution in [0.15, 0.2) is 18.2 Å². The Labute approximate surface area is 126 Å². The monoisotopic (exact) mass is 284 g/mol. The van der Waals surface area contributed by atoms with E-state index in [1.54, 1.807) is 0 Å². The highest BCUT2D eigenvalue weighted by Crippen LogP contribution is 2.33. The highest BCUT2D eigenvalue weighted by molar-refractivity contribution is 5.94. The van der Waals surface area contributed by atoms with E-state index in [1.807, 2.05) is 0 Å². The van der Waals surface area contributed by atoms with Crippen LogP contribution in [-0.2, 0) is 17.8 Å². The summed E-state index contributed by atoms with van der Waals surface area (Å²) in [5.41, 5.74) is 6.15. The topological polar surface area (TPSA) is 34.2 Å². The third kappa shape index (κ3) is 2.62. The molecule has 0 saturated heterocycles. The molecule has 1 unspecified atom stereocenters. The van der Waals surface area contributed by atoms with E-state index < -0.39 is 0 Å². The summed E-state index contributed by atoms with van der Waals surface area (Å²) < 4.78 is 5.65. The predicted molar refractivity (Wildman–Crippen MR) is 88.0 cm³/mol. The van der Waals surface area contributed by atoms with Crippen LogP contribution < -0.4 is 5.32 Å². The quantitative estimate of drug-likeness (QED) is 0.911. The van der Waals surface area contributed by atoms with Gasteiger partial charge in [0.05, 0.1) is 30.1 Å². The molecule has 1 N–H and O–H groups in total. The molecule has 1 atom stereocenters. The smallest absolute Gasteiger partial charge is 0.0755 e. The number of benzene rings is 1. The Morgan fingerprint density at radius 2 is 2.19 bits per heavy atom. The molecule has 1 aliphatic rings. The first-order valence-corrected chi connectivity index (χ1v) is 8.01. The number of hydrogen-bond donors (Lipinski definition) is 1. The molecule has 0 radical (unpaired) electrons. The molecule has 0 saturated carbocycles. The molecule has 0 spiro atoms. The summed E-state index contributed by atoms with van der Waals surface area (Å²) in [6.45, 7) is 9.03. The van der Waals surface area contributed by atoms with Gasteiger partial charge in [-0.1, -0.05) is 19.9 Å². The van der Waals surface area contributed by atoms with Crippen molar-refractivity contribution in [3.63, 3.8) is 0 Å². The van der Waals surface area contributed by atoms with E-state index in [0.717, 1.165) is 31.5 Å². The van der Waals surface area contributed by atoms with Gasteiger partial charge in [0.15, 0.2) is 0 Å². The van der Waals surface area contributed by atoms with Crippen molar-refractivity contribution in [3.8, 4) is 0 Å². The lowest BCUT2D eigenvalue weighted by Crippen LogP contribution is -2.15. The van der Waals surface area contributed by atoms with Crippen LogP contribution >= 0.6 is 0 Å². The standard InChI is InChI=1S/C18H24N2O/c1-4-12(3)13-6-7-16-14(10-13)18(19-5-2)15-11-21-9-8-17(15)20-16/h6-7,10,12H,4-5,8-9,11H2,1-3H3,(H,19,20). The van der Waals surface area contributed by atoms with E-state index in [2.05, 4.69) is 44.3 Å². The van der Waals surface area contributed by atoms with Crippen LogP contribution in [0.3, 0.4) is 0 Å². The molecule has 0 amide bonds. The van der Waals surface area contributed by atoms with Crippen LogP contribution in [0.1, 0.15) is 49.9 Å². The SMILES string of the molecule is CCNc1c2c(nc3ccc(C(C)CC)cc13)CCOC2. The highest BCUT2D eigenvalue weighted by atomic mass is 16.5. The van der Waals surface area contributed by atoms with Crippen molar-refractivity contribution in [1.29, 1.82) is 0 Å². The van der Waals surface area contributed by atoms with Crippen LogP contribution in [0.4, 0.5) is 5.69 Å². The number of nitrogens with one attached hydrogen (secondary N) is 1. The number of anilines is 1. The molecule has 0 bridgehead atoms. The Morgan fingerprint density at radius 1 is 1.33 bits per heavy atom. The van der Waals surface area contributed by atoms with Crippen LogP contribution in [0, 0.1) is 0 Å². The largest absolute Gasteiger partial charge is 0.384 e. The van der Waals surface area contributed by atoms with Gasteiger partial charge < -0.3 is 10.1 Å². The minimum absolute atomic E-state index is 0.580. The number of nitrogens with zero attached hydrogens (tertiary/aromatic N) is 1. The second kappa shape index (κ2) is 6.02. The average molecular weight is 284 g/mol. The summed E-state index contributed by atoms with van der Waals surface area (Å²) in [6, 6.07) is 6.71. The summed E-state index contributed by atoms with van der Waals surface area (Å²) in [4.78, 5) is 4.86. The molecule has 0 aliphatic carbocycles. The van der Waals surface area contributed by atoms with E-state index in [4.69, 9.17) is 9.72 Å². The van der Waals surface area contributed by atoms with Crippen LogP contribution in [-0.4, -0.2) is 18.1 Å². The minimum atomic E-state index is 0.580. The number of pyridine rings is 1. The molecule has 3 rings (SSSR count). The lowest BCUT2D eigenvalue weighted by Gasteiger charge is -2.22. The van der Waals surface area contributed by atoms with Gasteiger partial charge in [0.1, 0.15) is 0 Å². The zero-order valence-electron chi connectivity index (χ0n) is 13.2. The third-order valence-electron chi connectivity index (χ3n) is 4.46. The zero-order chi connectivity index (χ0) is 14.8. The fourth-order valence-electron chi connectivity index (χ4n) is 3.00. The van der Waals surface area contributed by atoms with Crippen LogP contribution in [0.5, 0.6) is 0 Å². The van der Waals surface area contributed by atoms with Crippen molar-refractivity contribution < 1.29 is 4.74 Å². The molecular weight excluding hydrogens is 260 g/mol. The van der Waals surface area contributed by atoms with Crippen molar-refractivity contribution in [2.75, 3.05) is 18.5 Å². The lowest BCUT2D eigenvalue weighted by atomic mass is 9.95. The molecule has 1 aromatic heterocycles. The summed E-state index contributed by atoms with van der Waals surface area (Å²) in [6.07, 6.45) is 2.07. The molecule has 21 heavy (non-hydrogen) atoms. The second-order valence-corrected chi connectivity index (χ2v) is 5.83. The Morgan fingerprint density at radius 3 is 2.95 bits per heavy atom. The summed E-state index contributed by atoms with van der Waals surface area (Å²) in [7, 11) is 0. The molecule has 1 aliphatic heterocycles. The molecule has 3 nitrogen and oxygen atoms in total. The highest BCUT2D eigenvalue weighted by Gasteiger charge is 2.18. The Balaban J connectivity index is 2.21. The Bertz CT molecular complexity index is 651. The third-order valence-corrected chi connectivity index (χ3v) is 4.46. The predicted octanol–water partition coefficient (Wildman–Crippen LogP) is 4.25. The van der Waals surface area contributed by atoms with E-state index in [-0.39, 0.29) is 0 Å². The normalized spacial score (nSPS) is 15.8. The van der Waals surface area contributed by atoms with Gasteiger partial charge in [-0.25, -0.2) is 0 Å². The molecule has 1 aromatic carbocycles. The summed E-state index contributed by atoms with van der Waals surface area (Å²) >= 11 is 0. The van der Waals surface area contributed by atoms with Crippen molar-refractivity contribution >= 4 is 16.6 Å².